The molecule has 0 aromatic carbocycles. The molecule has 0 aliphatic rings. The quantitative estimate of drug-likeness (QED) is 0.549. The van der Waals surface area contributed by atoms with E-state index in [2.05, 4.69) is 20.6 Å². The van der Waals surface area contributed by atoms with Gasteiger partial charge in [-0.15, -0.1) is 0 Å². The predicted octanol–water partition coefficient (Wildman–Crippen LogP) is -0.0609. The molecule has 0 atom stereocenters. The molecule has 1 aromatic heterocycles. The minimum atomic E-state index is 0.0798. The van der Waals surface area contributed by atoms with E-state index >= 15 is 0 Å². The molecular formula is C9H16N4O2. The van der Waals surface area contributed by atoms with E-state index in [1.54, 1.807) is 13.2 Å². The lowest BCUT2D eigenvalue weighted by atomic mass is 10.5. The summed E-state index contributed by atoms with van der Waals surface area (Å²) < 4.78 is 4.90. The van der Waals surface area contributed by atoms with Gasteiger partial charge in [0, 0.05) is 26.3 Å². The molecule has 0 amide bonds. The Morgan fingerprint density at radius 2 is 1.93 bits per heavy atom. The van der Waals surface area contributed by atoms with Crippen molar-refractivity contribution in [2.45, 2.75) is 0 Å². The number of ether oxygens (including phenoxy) is 1. The second-order valence-electron chi connectivity index (χ2n) is 2.86. The molecule has 0 aliphatic carbocycles. The SMILES string of the molecule is COCCNc1cc(NCCO)ncn1. The van der Waals surface area contributed by atoms with Crippen molar-refractivity contribution in [2.75, 3.05) is 44.0 Å². The summed E-state index contributed by atoms with van der Waals surface area (Å²) >= 11 is 0. The summed E-state index contributed by atoms with van der Waals surface area (Å²) in [5.74, 6) is 1.43. The lowest BCUT2D eigenvalue weighted by molar-refractivity contribution is 0.210. The summed E-state index contributed by atoms with van der Waals surface area (Å²) in [6, 6.07) is 1.78. The highest BCUT2D eigenvalue weighted by Crippen LogP contribution is 2.07. The maximum atomic E-state index is 8.63. The molecule has 0 saturated carbocycles. The van der Waals surface area contributed by atoms with E-state index in [1.165, 1.54) is 6.33 Å². The van der Waals surface area contributed by atoms with Crippen molar-refractivity contribution >= 4 is 11.6 Å². The third-order valence-electron chi connectivity index (χ3n) is 1.70. The maximum absolute atomic E-state index is 8.63. The Kier molecular flexibility index (Phi) is 5.42. The van der Waals surface area contributed by atoms with Crippen LogP contribution in [0.4, 0.5) is 11.6 Å². The molecule has 0 unspecified atom stereocenters. The van der Waals surface area contributed by atoms with Gasteiger partial charge >= 0.3 is 0 Å². The second kappa shape index (κ2) is 6.97. The molecule has 1 aromatic rings. The molecule has 15 heavy (non-hydrogen) atoms. The van der Waals surface area contributed by atoms with Crippen molar-refractivity contribution in [1.82, 2.24) is 9.97 Å². The fraction of sp³-hybridized carbons (Fsp3) is 0.556. The van der Waals surface area contributed by atoms with Gasteiger partial charge in [0.05, 0.1) is 13.2 Å². The summed E-state index contributed by atoms with van der Waals surface area (Å²) in [5.41, 5.74) is 0. The van der Waals surface area contributed by atoms with E-state index in [9.17, 15) is 0 Å². The highest BCUT2D eigenvalue weighted by atomic mass is 16.5. The van der Waals surface area contributed by atoms with Crippen molar-refractivity contribution in [2.24, 2.45) is 0 Å². The number of hydrogen-bond acceptors (Lipinski definition) is 6. The molecule has 6 nitrogen and oxygen atoms in total. The third-order valence-corrected chi connectivity index (χ3v) is 1.70. The lowest BCUT2D eigenvalue weighted by Crippen LogP contribution is -2.11. The van der Waals surface area contributed by atoms with Crippen LogP contribution in [0.25, 0.3) is 0 Å². The maximum Gasteiger partial charge on any atom is 0.131 e. The highest BCUT2D eigenvalue weighted by Gasteiger charge is 1.96. The Balaban J connectivity index is 2.42. The summed E-state index contributed by atoms with van der Waals surface area (Å²) in [5, 5.41) is 14.7. The van der Waals surface area contributed by atoms with Crippen LogP contribution in [0.2, 0.25) is 0 Å². The van der Waals surface area contributed by atoms with Gasteiger partial charge in [0.1, 0.15) is 18.0 Å². The molecule has 0 spiro atoms. The van der Waals surface area contributed by atoms with Crippen LogP contribution >= 0.6 is 0 Å². The van der Waals surface area contributed by atoms with Gasteiger partial charge in [-0.1, -0.05) is 0 Å². The van der Waals surface area contributed by atoms with E-state index in [-0.39, 0.29) is 6.61 Å². The molecular weight excluding hydrogens is 196 g/mol. The topological polar surface area (TPSA) is 79.3 Å². The van der Waals surface area contributed by atoms with Crippen LogP contribution in [0.15, 0.2) is 12.4 Å². The van der Waals surface area contributed by atoms with Gasteiger partial charge in [0.2, 0.25) is 0 Å². The first-order chi connectivity index (χ1) is 7.36. The van der Waals surface area contributed by atoms with Gasteiger partial charge in [0.15, 0.2) is 0 Å². The van der Waals surface area contributed by atoms with Crippen molar-refractivity contribution in [1.29, 1.82) is 0 Å². The van der Waals surface area contributed by atoms with Gasteiger partial charge in [-0.2, -0.15) is 0 Å². The number of anilines is 2. The van der Waals surface area contributed by atoms with Gasteiger partial charge in [-0.05, 0) is 0 Å². The molecule has 0 bridgehead atoms. The number of methoxy groups -OCH3 is 1. The molecule has 1 heterocycles. The van der Waals surface area contributed by atoms with Crippen LogP contribution in [0.3, 0.4) is 0 Å². The molecule has 0 saturated heterocycles. The van der Waals surface area contributed by atoms with Crippen molar-refractivity contribution in [3.05, 3.63) is 12.4 Å². The Labute approximate surface area is 88.7 Å². The number of aliphatic hydroxyl groups is 1. The van der Waals surface area contributed by atoms with Gasteiger partial charge in [-0.3, -0.25) is 0 Å². The van der Waals surface area contributed by atoms with E-state index in [0.29, 0.717) is 25.5 Å². The smallest absolute Gasteiger partial charge is 0.131 e. The van der Waals surface area contributed by atoms with Gasteiger partial charge < -0.3 is 20.5 Å². The number of hydrogen-bond donors (Lipinski definition) is 3. The number of aliphatic hydroxyl groups excluding tert-OH is 1. The summed E-state index contributed by atoms with van der Waals surface area (Å²) in [4.78, 5) is 8.04. The summed E-state index contributed by atoms with van der Waals surface area (Å²) in [7, 11) is 1.65. The number of rotatable bonds is 7. The van der Waals surface area contributed by atoms with E-state index in [1.807, 2.05) is 0 Å². The van der Waals surface area contributed by atoms with E-state index in [4.69, 9.17) is 9.84 Å². The van der Waals surface area contributed by atoms with Gasteiger partial charge in [-0.25, -0.2) is 9.97 Å². The van der Waals surface area contributed by atoms with Crippen LogP contribution in [0.5, 0.6) is 0 Å². The minimum absolute atomic E-state index is 0.0798. The molecule has 6 heteroatoms. The molecule has 0 aliphatic heterocycles. The number of nitrogens with one attached hydrogen (secondary N) is 2. The van der Waals surface area contributed by atoms with Crippen LogP contribution in [0.1, 0.15) is 0 Å². The first kappa shape index (κ1) is 11.7. The fourth-order valence-electron chi connectivity index (χ4n) is 1.02. The monoisotopic (exact) mass is 212 g/mol. The second-order valence-corrected chi connectivity index (χ2v) is 2.86. The first-order valence-corrected chi connectivity index (χ1v) is 4.76. The van der Waals surface area contributed by atoms with E-state index in [0.717, 1.165) is 5.82 Å². The Morgan fingerprint density at radius 3 is 2.53 bits per heavy atom. The summed E-state index contributed by atoms with van der Waals surface area (Å²) in [6.07, 6.45) is 1.47. The number of aromatic nitrogens is 2. The largest absolute Gasteiger partial charge is 0.395 e. The normalized spacial score (nSPS) is 10.0. The van der Waals surface area contributed by atoms with Crippen molar-refractivity contribution < 1.29 is 9.84 Å². The average Bonchev–Trinajstić information content (AvgIpc) is 2.27. The zero-order valence-electron chi connectivity index (χ0n) is 8.73. The van der Waals surface area contributed by atoms with Crippen LogP contribution in [-0.4, -0.2) is 48.5 Å². The Bertz CT molecular complexity index is 283. The standard InChI is InChI=1S/C9H16N4O2/c1-15-5-3-11-9-6-8(10-2-4-14)12-7-13-9/h6-7,14H,2-5H2,1H3,(H2,10,11,12,13). The Hall–Kier alpha value is -1.40. The van der Waals surface area contributed by atoms with E-state index < -0.39 is 0 Å². The number of nitrogens with zero attached hydrogens (tertiary/aromatic N) is 2. The Morgan fingerprint density at radius 1 is 1.27 bits per heavy atom. The average molecular weight is 212 g/mol. The van der Waals surface area contributed by atoms with Crippen LogP contribution in [-0.2, 0) is 4.74 Å². The van der Waals surface area contributed by atoms with Crippen LogP contribution < -0.4 is 10.6 Å². The van der Waals surface area contributed by atoms with Gasteiger partial charge in [0.25, 0.3) is 0 Å². The summed E-state index contributed by atoms with van der Waals surface area (Å²) in [6.45, 7) is 1.89. The zero-order chi connectivity index (χ0) is 10.9. The molecule has 3 N–H and O–H groups in total. The van der Waals surface area contributed by atoms with Crippen molar-refractivity contribution in [3.63, 3.8) is 0 Å². The molecule has 84 valence electrons. The van der Waals surface area contributed by atoms with Crippen molar-refractivity contribution in [3.8, 4) is 0 Å². The highest BCUT2D eigenvalue weighted by molar-refractivity contribution is 5.46. The molecule has 0 fully saturated rings. The fourth-order valence-corrected chi connectivity index (χ4v) is 1.02. The lowest BCUT2D eigenvalue weighted by Gasteiger charge is -2.07. The van der Waals surface area contributed by atoms with Crippen LogP contribution in [0, 0.1) is 0 Å². The third kappa shape index (κ3) is 4.57. The first-order valence-electron chi connectivity index (χ1n) is 4.76. The minimum Gasteiger partial charge on any atom is -0.395 e. The zero-order valence-corrected chi connectivity index (χ0v) is 8.73. The predicted molar refractivity (Wildman–Crippen MR) is 58.0 cm³/mol. The molecule has 0 radical (unpaired) electrons. The molecule has 1 rings (SSSR count).